The highest BCUT2D eigenvalue weighted by molar-refractivity contribution is 5.96. The van der Waals surface area contributed by atoms with Gasteiger partial charge in [0.05, 0.1) is 20.8 Å². The van der Waals surface area contributed by atoms with Crippen LogP contribution < -0.4 is 19.5 Å². The average molecular weight is 355 g/mol. The molecule has 2 aromatic carbocycles. The Bertz CT molecular complexity index is 801. The number of benzene rings is 2. The minimum absolute atomic E-state index is 0.0200. The Morgan fingerprint density at radius 1 is 1.04 bits per heavy atom. The number of nitrogens with one attached hydrogen (secondary N) is 1. The van der Waals surface area contributed by atoms with E-state index in [1.54, 1.807) is 14.2 Å². The van der Waals surface area contributed by atoms with Crippen molar-refractivity contribution >= 4 is 11.6 Å². The van der Waals surface area contributed by atoms with Crippen LogP contribution in [0.1, 0.15) is 37.3 Å². The molecule has 1 aliphatic heterocycles. The lowest BCUT2D eigenvalue weighted by atomic mass is 9.84. The second-order valence-corrected chi connectivity index (χ2v) is 6.84. The number of fused-ring (bicyclic) bond motifs is 1. The Kier molecular flexibility index (Phi) is 5.35. The van der Waals surface area contributed by atoms with E-state index in [1.165, 1.54) is 0 Å². The summed E-state index contributed by atoms with van der Waals surface area (Å²) >= 11 is 0. The molecule has 0 unspecified atom stereocenters. The third kappa shape index (κ3) is 3.62. The van der Waals surface area contributed by atoms with Crippen molar-refractivity contribution in [3.63, 3.8) is 0 Å². The molecule has 1 heterocycles. The van der Waals surface area contributed by atoms with Gasteiger partial charge in [-0.3, -0.25) is 4.79 Å². The van der Waals surface area contributed by atoms with Gasteiger partial charge in [0.15, 0.2) is 11.5 Å². The number of hydrogen-bond acceptors (Lipinski definition) is 4. The highest BCUT2D eigenvalue weighted by Crippen LogP contribution is 2.45. The van der Waals surface area contributed by atoms with Crippen molar-refractivity contribution in [3.05, 3.63) is 47.5 Å². The first-order valence-corrected chi connectivity index (χ1v) is 8.81. The monoisotopic (exact) mass is 355 g/mol. The zero-order valence-electron chi connectivity index (χ0n) is 15.7. The molecule has 0 radical (unpaired) electrons. The third-order valence-corrected chi connectivity index (χ3v) is 4.46. The first-order valence-electron chi connectivity index (χ1n) is 8.81. The number of methoxy groups -OCH3 is 2. The summed E-state index contributed by atoms with van der Waals surface area (Å²) < 4.78 is 16.8. The largest absolute Gasteiger partial charge is 0.493 e. The number of carbonyl (C=O) groups excluding carboxylic acids is 1. The summed E-state index contributed by atoms with van der Waals surface area (Å²) in [5, 5.41) is 2.94. The maximum absolute atomic E-state index is 12.3. The Hall–Kier alpha value is -2.69. The van der Waals surface area contributed by atoms with Crippen molar-refractivity contribution in [3.8, 4) is 17.2 Å². The molecule has 5 nitrogen and oxygen atoms in total. The Labute approximate surface area is 154 Å². The van der Waals surface area contributed by atoms with Crippen molar-refractivity contribution in [2.45, 2.75) is 26.2 Å². The van der Waals surface area contributed by atoms with E-state index in [4.69, 9.17) is 14.2 Å². The lowest BCUT2D eigenvalue weighted by molar-refractivity contribution is -0.116. The first kappa shape index (κ1) is 18.1. The van der Waals surface area contributed by atoms with Gasteiger partial charge in [-0.15, -0.1) is 0 Å². The van der Waals surface area contributed by atoms with Crippen LogP contribution in [0.25, 0.3) is 0 Å². The number of amides is 1. The van der Waals surface area contributed by atoms with Crippen LogP contribution in [-0.2, 0) is 4.79 Å². The van der Waals surface area contributed by atoms with E-state index in [1.807, 2.05) is 36.4 Å². The van der Waals surface area contributed by atoms with E-state index in [9.17, 15) is 4.79 Å². The van der Waals surface area contributed by atoms with Crippen LogP contribution in [0, 0.1) is 5.92 Å². The normalized spacial score (nSPS) is 16.0. The predicted octanol–water partition coefficient (Wildman–Crippen LogP) is 4.21. The van der Waals surface area contributed by atoms with Crippen LogP contribution in [0.4, 0.5) is 5.69 Å². The average Bonchev–Trinajstić information content (AvgIpc) is 2.64. The smallest absolute Gasteiger partial charge is 0.225 e. The molecular formula is C21H25NO4. The summed E-state index contributed by atoms with van der Waals surface area (Å²) in [6, 6.07) is 11.7. The Morgan fingerprint density at radius 3 is 2.42 bits per heavy atom. The number of para-hydroxylation sites is 1. The van der Waals surface area contributed by atoms with Crippen LogP contribution >= 0.6 is 0 Å². The van der Waals surface area contributed by atoms with Crippen molar-refractivity contribution in [1.29, 1.82) is 0 Å². The van der Waals surface area contributed by atoms with Crippen LogP contribution in [0.3, 0.4) is 0 Å². The molecule has 0 aliphatic carbocycles. The molecular weight excluding hydrogens is 330 g/mol. The van der Waals surface area contributed by atoms with Gasteiger partial charge in [0.25, 0.3) is 0 Å². The second-order valence-electron chi connectivity index (χ2n) is 6.84. The molecule has 138 valence electrons. The molecule has 0 aromatic heterocycles. The Morgan fingerprint density at radius 2 is 1.73 bits per heavy atom. The highest BCUT2D eigenvalue weighted by Gasteiger charge is 2.30. The quantitative estimate of drug-likeness (QED) is 0.843. The summed E-state index contributed by atoms with van der Waals surface area (Å²) in [5.41, 5.74) is 2.77. The molecule has 3 rings (SSSR count). The lowest BCUT2D eigenvalue weighted by Gasteiger charge is -2.28. The van der Waals surface area contributed by atoms with E-state index in [0.29, 0.717) is 30.4 Å². The number of anilines is 1. The fraction of sp³-hybridized carbons (Fsp3) is 0.381. The molecule has 0 spiro atoms. The number of rotatable bonds is 6. The highest BCUT2D eigenvalue weighted by atomic mass is 16.5. The van der Waals surface area contributed by atoms with Gasteiger partial charge in [0, 0.05) is 29.7 Å². The van der Waals surface area contributed by atoms with E-state index in [0.717, 1.165) is 22.6 Å². The standard InChI is InChI=1S/C21H25NO4/c1-13(2)12-26-18-8-6-5-7-14(18)15-10-21(23)22-17-11-20(25-4)19(24-3)9-16(15)17/h5-9,11,13,15H,10,12H2,1-4H3,(H,22,23)/t15-/m1/s1. The predicted molar refractivity (Wildman–Crippen MR) is 101 cm³/mol. The third-order valence-electron chi connectivity index (χ3n) is 4.46. The van der Waals surface area contributed by atoms with E-state index < -0.39 is 0 Å². The summed E-state index contributed by atoms with van der Waals surface area (Å²) in [6.07, 6.45) is 0.366. The second kappa shape index (κ2) is 7.68. The fourth-order valence-electron chi connectivity index (χ4n) is 3.22. The molecule has 0 saturated carbocycles. The molecule has 2 aromatic rings. The van der Waals surface area contributed by atoms with Crippen molar-refractivity contribution in [2.24, 2.45) is 5.92 Å². The summed E-state index contributed by atoms with van der Waals surface area (Å²) in [4.78, 5) is 12.3. The molecule has 5 heteroatoms. The number of hydrogen-bond donors (Lipinski definition) is 1. The SMILES string of the molecule is COc1cc2c(cc1OC)[C@@H](c1ccccc1OCC(C)C)CC(=O)N2. The van der Waals surface area contributed by atoms with E-state index in [-0.39, 0.29) is 11.8 Å². The van der Waals surface area contributed by atoms with Crippen LogP contribution in [0.15, 0.2) is 36.4 Å². The van der Waals surface area contributed by atoms with Gasteiger partial charge >= 0.3 is 0 Å². The first-order chi connectivity index (χ1) is 12.5. The topological polar surface area (TPSA) is 56.8 Å². The van der Waals surface area contributed by atoms with Gasteiger partial charge in [-0.2, -0.15) is 0 Å². The molecule has 1 aliphatic rings. The minimum atomic E-state index is -0.0954. The minimum Gasteiger partial charge on any atom is -0.493 e. The summed E-state index contributed by atoms with van der Waals surface area (Å²) in [5.74, 6) is 2.37. The molecule has 0 bridgehead atoms. The van der Waals surface area contributed by atoms with E-state index >= 15 is 0 Å². The molecule has 26 heavy (non-hydrogen) atoms. The van der Waals surface area contributed by atoms with Gasteiger partial charge in [0.1, 0.15) is 5.75 Å². The van der Waals surface area contributed by atoms with Gasteiger partial charge < -0.3 is 19.5 Å². The Balaban J connectivity index is 2.06. The molecule has 0 fully saturated rings. The fourth-order valence-corrected chi connectivity index (χ4v) is 3.22. The van der Waals surface area contributed by atoms with E-state index in [2.05, 4.69) is 19.2 Å². The van der Waals surface area contributed by atoms with Crippen LogP contribution in [0.5, 0.6) is 17.2 Å². The van der Waals surface area contributed by atoms with Gasteiger partial charge in [-0.05, 0) is 23.6 Å². The maximum atomic E-state index is 12.3. The summed E-state index contributed by atoms with van der Waals surface area (Å²) in [6.45, 7) is 4.86. The zero-order valence-corrected chi connectivity index (χ0v) is 15.7. The summed E-state index contributed by atoms with van der Waals surface area (Å²) in [7, 11) is 3.20. The van der Waals surface area contributed by atoms with Crippen LogP contribution in [0.2, 0.25) is 0 Å². The molecule has 1 atom stereocenters. The van der Waals surface area contributed by atoms with Crippen molar-refractivity contribution in [2.75, 3.05) is 26.1 Å². The molecule has 1 N–H and O–H groups in total. The van der Waals surface area contributed by atoms with Gasteiger partial charge in [0.2, 0.25) is 5.91 Å². The number of ether oxygens (including phenoxy) is 3. The zero-order chi connectivity index (χ0) is 18.7. The molecule has 0 saturated heterocycles. The lowest BCUT2D eigenvalue weighted by Crippen LogP contribution is -2.24. The molecule has 1 amide bonds. The van der Waals surface area contributed by atoms with Gasteiger partial charge in [-0.1, -0.05) is 32.0 Å². The number of carbonyl (C=O) groups is 1. The van der Waals surface area contributed by atoms with Crippen molar-refractivity contribution in [1.82, 2.24) is 0 Å². The maximum Gasteiger partial charge on any atom is 0.225 e. The van der Waals surface area contributed by atoms with Crippen LogP contribution in [-0.4, -0.2) is 26.7 Å². The van der Waals surface area contributed by atoms with Crippen molar-refractivity contribution < 1.29 is 19.0 Å². The van der Waals surface area contributed by atoms with Gasteiger partial charge in [-0.25, -0.2) is 0 Å².